The van der Waals surface area contributed by atoms with Crippen molar-refractivity contribution in [2.45, 2.75) is 78.6 Å². The van der Waals surface area contributed by atoms with Gasteiger partial charge in [-0.3, -0.25) is 4.57 Å². The van der Waals surface area contributed by atoms with Crippen LogP contribution in [0.4, 0.5) is 22.7 Å². The highest BCUT2D eigenvalue weighted by atomic mass is 16.5. The minimum Gasteiger partial charge on any atom is -0.457 e. The molecule has 1 aliphatic heterocycles. The molecule has 1 aliphatic rings. The second-order valence-corrected chi connectivity index (χ2v) is 20.8. The molecular formula is C60H54N4O2+2. The number of fused-ring (bicyclic) bond motifs is 7. The molecule has 0 unspecified atom stereocenters. The maximum Gasteiger partial charge on any atom is 0.503 e. The molecule has 0 spiro atoms. The van der Waals surface area contributed by atoms with Crippen LogP contribution >= 0.6 is 0 Å². The Morgan fingerprint density at radius 2 is 1.15 bits per heavy atom. The van der Waals surface area contributed by atoms with Gasteiger partial charge >= 0.3 is 11.7 Å². The Labute approximate surface area is 386 Å². The largest absolute Gasteiger partial charge is 0.503 e. The molecule has 0 radical (unpaired) electrons. The maximum absolute atomic E-state index is 6.81. The van der Waals surface area contributed by atoms with Gasteiger partial charge < -0.3 is 9.15 Å². The molecule has 0 bridgehead atoms. The van der Waals surface area contributed by atoms with Crippen LogP contribution in [0.1, 0.15) is 79.0 Å². The Bertz CT molecular complexity index is 3640. The number of rotatable bonds is 6. The van der Waals surface area contributed by atoms with E-state index in [2.05, 4.69) is 222 Å². The topological polar surface area (TPSA) is 46.2 Å². The number of hydrogen-bond donors (Lipinski definition) is 0. The summed E-state index contributed by atoms with van der Waals surface area (Å²) in [4.78, 5) is 4.90. The lowest BCUT2D eigenvalue weighted by Crippen LogP contribution is -2.17. The average molecular weight is 863 g/mol. The first-order valence-corrected chi connectivity index (χ1v) is 22.9. The van der Waals surface area contributed by atoms with Crippen molar-refractivity contribution in [3.63, 3.8) is 0 Å². The van der Waals surface area contributed by atoms with Crippen molar-refractivity contribution in [2.75, 3.05) is 0 Å². The standard InChI is InChI=1S/C60H54N4O2/c1-58(2,3)38-29-30-61-55(34-38)64-51-24-12-10-19-45(51)46-28-27-44(36-53(46)64)65-43-18-14-17-41(35-43)62-37-63(42-32-39(59(4,5)6)31-40(33-42)60(7,8)9)56-48(21-16-25-52(56)62)50-23-15-22-49-47-20-11-13-26-54(47)66-57(49)50/h10-36H,1-9H3/q+2. The van der Waals surface area contributed by atoms with Crippen molar-refractivity contribution in [3.8, 4) is 28.4 Å². The smallest absolute Gasteiger partial charge is 0.457 e. The van der Waals surface area contributed by atoms with Gasteiger partial charge in [-0.2, -0.15) is 0 Å². The first kappa shape index (κ1) is 41.2. The fraction of sp³-hybridized carbons (Fsp3) is 0.200. The molecule has 6 heteroatoms. The molecule has 0 amide bonds. The molecular weight excluding hydrogens is 809 g/mol. The molecule has 0 fully saturated rings. The van der Waals surface area contributed by atoms with Crippen LogP contribution in [0.2, 0.25) is 0 Å². The first-order valence-electron chi connectivity index (χ1n) is 22.9. The van der Waals surface area contributed by atoms with E-state index in [9.17, 15) is 0 Å². The molecule has 7 aromatic carbocycles. The molecule has 0 N–H and O–H groups in total. The molecule has 11 rings (SSSR count). The number of furan rings is 1. The number of nitrogens with zero attached hydrogens (tertiary/aromatic N) is 4. The Balaban J connectivity index is 1.07. The van der Waals surface area contributed by atoms with Gasteiger partial charge in [0, 0.05) is 63.6 Å². The molecule has 0 atom stereocenters. The molecule has 0 saturated heterocycles. The zero-order valence-corrected chi connectivity index (χ0v) is 39.2. The van der Waals surface area contributed by atoms with Crippen molar-refractivity contribution in [2.24, 2.45) is 0 Å². The second-order valence-electron chi connectivity index (χ2n) is 20.8. The first-order chi connectivity index (χ1) is 31.6. The van der Waals surface area contributed by atoms with E-state index >= 15 is 0 Å². The fourth-order valence-electron chi connectivity index (χ4n) is 9.41. The number of ether oxygens (including phenoxy) is 1. The van der Waals surface area contributed by atoms with Crippen LogP contribution in [-0.4, -0.2) is 15.6 Å². The van der Waals surface area contributed by atoms with Crippen molar-refractivity contribution >= 4 is 72.5 Å². The SMILES string of the molecule is CC(C)(C)c1cc([N+]2=C=[N+](c3cccc(Oc4ccc5c6ccccc6n(-c6cc(C(C)(C)C)ccn6)c5c4)c3)c3cccc(-c4cccc5c4oc4ccccc45)c32)cc(C(C)(C)C)c1. The van der Waals surface area contributed by atoms with Gasteiger partial charge in [0.05, 0.1) is 22.7 Å². The van der Waals surface area contributed by atoms with Crippen LogP contribution in [0.25, 0.3) is 60.7 Å². The summed E-state index contributed by atoms with van der Waals surface area (Å²) in [5.41, 5.74) is 13.6. The van der Waals surface area contributed by atoms with Gasteiger partial charge in [-0.25, -0.2) is 4.98 Å². The highest BCUT2D eigenvalue weighted by Crippen LogP contribution is 2.47. The lowest BCUT2D eigenvalue weighted by atomic mass is 9.80. The molecule has 0 aliphatic carbocycles. The van der Waals surface area contributed by atoms with E-state index in [1.54, 1.807) is 0 Å². The van der Waals surface area contributed by atoms with Gasteiger partial charge in [0.2, 0.25) is 11.4 Å². The normalized spacial score (nSPS) is 13.2. The highest BCUT2D eigenvalue weighted by Gasteiger charge is 2.41. The van der Waals surface area contributed by atoms with Crippen LogP contribution < -0.4 is 13.9 Å². The molecule has 324 valence electrons. The summed E-state index contributed by atoms with van der Waals surface area (Å²) in [6.07, 6.45) is 1.92. The van der Waals surface area contributed by atoms with Crippen LogP contribution in [0, 0.1) is 0 Å². The number of para-hydroxylation sites is 4. The summed E-state index contributed by atoms with van der Waals surface area (Å²) in [5, 5.41) is 4.52. The Morgan fingerprint density at radius 3 is 1.92 bits per heavy atom. The zero-order chi connectivity index (χ0) is 45.7. The van der Waals surface area contributed by atoms with E-state index in [1.165, 1.54) is 22.1 Å². The summed E-state index contributed by atoms with van der Waals surface area (Å²) < 4.78 is 20.2. The molecule has 0 saturated carbocycles. The maximum atomic E-state index is 6.81. The third kappa shape index (κ3) is 7.01. The minimum atomic E-state index is -0.0757. The van der Waals surface area contributed by atoms with Crippen LogP contribution in [0.5, 0.6) is 11.5 Å². The number of pyridine rings is 1. The molecule has 6 nitrogen and oxygen atoms in total. The van der Waals surface area contributed by atoms with Crippen molar-refractivity contribution in [1.82, 2.24) is 18.7 Å². The summed E-state index contributed by atoms with van der Waals surface area (Å²) in [6, 6.07) is 59.7. The number of hydrogen-bond acceptors (Lipinski definition) is 3. The monoisotopic (exact) mass is 862 g/mol. The second kappa shape index (κ2) is 15.0. The minimum absolute atomic E-state index is 0.0204. The van der Waals surface area contributed by atoms with Crippen molar-refractivity contribution in [3.05, 3.63) is 181 Å². The van der Waals surface area contributed by atoms with Crippen LogP contribution in [0.15, 0.2) is 168 Å². The molecule has 4 heterocycles. The summed E-state index contributed by atoms with van der Waals surface area (Å²) in [7, 11) is 0. The van der Waals surface area contributed by atoms with Gasteiger partial charge in [-0.15, -0.1) is 0 Å². The zero-order valence-electron chi connectivity index (χ0n) is 39.2. The van der Waals surface area contributed by atoms with E-state index in [4.69, 9.17) is 14.1 Å². The lowest BCUT2D eigenvalue weighted by Gasteiger charge is -2.24. The van der Waals surface area contributed by atoms with E-state index in [0.29, 0.717) is 0 Å². The summed E-state index contributed by atoms with van der Waals surface area (Å²) in [5.74, 6) is 2.34. The van der Waals surface area contributed by atoms with Crippen molar-refractivity contribution < 1.29 is 9.15 Å². The summed E-state index contributed by atoms with van der Waals surface area (Å²) in [6.45, 7) is 20.4. The van der Waals surface area contributed by atoms with Gasteiger partial charge in [-0.05, 0) is 90.6 Å². The van der Waals surface area contributed by atoms with Gasteiger partial charge in [0.1, 0.15) is 28.5 Å². The average Bonchev–Trinajstić information content (AvgIpc) is 3.98. The van der Waals surface area contributed by atoms with Gasteiger partial charge in [0.15, 0.2) is 0 Å². The highest BCUT2D eigenvalue weighted by molar-refractivity contribution is 6.12. The summed E-state index contributed by atoms with van der Waals surface area (Å²) >= 11 is 0. The predicted octanol–water partition coefficient (Wildman–Crippen LogP) is 16.3. The predicted molar refractivity (Wildman–Crippen MR) is 275 cm³/mol. The number of benzene rings is 7. The Hall–Kier alpha value is -7.53. The quantitative estimate of drug-likeness (QED) is 0.156. The lowest BCUT2D eigenvalue weighted by molar-refractivity contribution is 0.483. The van der Waals surface area contributed by atoms with E-state index in [0.717, 1.165) is 89.6 Å². The van der Waals surface area contributed by atoms with Crippen molar-refractivity contribution in [1.29, 1.82) is 0 Å². The van der Waals surface area contributed by atoms with E-state index < -0.39 is 0 Å². The van der Waals surface area contributed by atoms with Crippen LogP contribution in [0.3, 0.4) is 0 Å². The van der Waals surface area contributed by atoms with E-state index in [-0.39, 0.29) is 16.2 Å². The number of aromatic nitrogens is 2. The van der Waals surface area contributed by atoms with Gasteiger partial charge in [-0.1, -0.05) is 135 Å². The van der Waals surface area contributed by atoms with Crippen LogP contribution in [-0.2, 0) is 16.2 Å². The Kier molecular flexibility index (Phi) is 9.37. The molecule has 66 heavy (non-hydrogen) atoms. The fourth-order valence-corrected chi connectivity index (χ4v) is 9.41. The third-order valence-corrected chi connectivity index (χ3v) is 13.1. The third-order valence-electron chi connectivity index (χ3n) is 13.1. The van der Waals surface area contributed by atoms with Gasteiger partial charge in [0.25, 0.3) is 5.69 Å². The molecule has 3 aromatic heterocycles. The molecule has 10 aromatic rings. The van der Waals surface area contributed by atoms with E-state index in [1.807, 2.05) is 24.4 Å². The Morgan fingerprint density at radius 1 is 0.500 bits per heavy atom.